The van der Waals surface area contributed by atoms with Crippen LogP contribution in [0.15, 0.2) is 78.9 Å². The Hall–Kier alpha value is -3.60. The van der Waals surface area contributed by atoms with E-state index in [0.29, 0.717) is 35.7 Å². The van der Waals surface area contributed by atoms with E-state index >= 15 is 0 Å². The quantitative estimate of drug-likeness (QED) is 0.362. The van der Waals surface area contributed by atoms with Gasteiger partial charge in [0.1, 0.15) is 5.75 Å². The van der Waals surface area contributed by atoms with E-state index in [2.05, 4.69) is 29.7 Å². The van der Waals surface area contributed by atoms with Crippen molar-refractivity contribution in [2.24, 2.45) is 0 Å². The van der Waals surface area contributed by atoms with Gasteiger partial charge in [-0.2, -0.15) is 0 Å². The van der Waals surface area contributed by atoms with Crippen molar-refractivity contribution < 1.29 is 14.3 Å². The summed E-state index contributed by atoms with van der Waals surface area (Å²) in [7, 11) is 0. The second kappa shape index (κ2) is 12.3. The van der Waals surface area contributed by atoms with E-state index in [1.807, 2.05) is 30.3 Å². The molecule has 0 atom stereocenters. The van der Waals surface area contributed by atoms with Gasteiger partial charge in [0.2, 0.25) is 5.91 Å². The Morgan fingerprint density at radius 2 is 1.56 bits per heavy atom. The number of rotatable bonds is 11. The van der Waals surface area contributed by atoms with E-state index in [1.165, 1.54) is 5.56 Å². The fraction of sp³-hybridized carbons (Fsp3) is 0.259. The average Bonchev–Trinajstić information content (AvgIpc) is 2.80. The molecule has 0 heterocycles. The van der Waals surface area contributed by atoms with Crippen LogP contribution in [0.4, 0.5) is 11.4 Å². The van der Waals surface area contributed by atoms with Crippen molar-refractivity contribution in [3.05, 3.63) is 90.0 Å². The van der Waals surface area contributed by atoms with Crippen molar-refractivity contribution in [3.63, 3.8) is 0 Å². The molecule has 0 aliphatic heterocycles. The van der Waals surface area contributed by atoms with Crippen molar-refractivity contribution >= 4 is 23.2 Å². The third-order valence-electron chi connectivity index (χ3n) is 5.01. The monoisotopic (exact) mass is 430 g/mol. The molecule has 0 aliphatic carbocycles. The Labute approximate surface area is 189 Å². The topological polar surface area (TPSA) is 67.4 Å². The number of carbonyl (C=O) groups is 2. The molecule has 2 amide bonds. The first-order valence-corrected chi connectivity index (χ1v) is 11.1. The van der Waals surface area contributed by atoms with Gasteiger partial charge in [-0.05, 0) is 48.4 Å². The van der Waals surface area contributed by atoms with Crippen LogP contribution in [-0.2, 0) is 11.2 Å². The Morgan fingerprint density at radius 3 is 2.34 bits per heavy atom. The Balaban J connectivity index is 1.54. The lowest BCUT2D eigenvalue weighted by Gasteiger charge is -2.10. The molecule has 0 fully saturated rings. The molecule has 5 nitrogen and oxygen atoms in total. The molecule has 3 aromatic carbocycles. The van der Waals surface area contributed by atoms with Gasteiger partial charge in [0.05, 0.1) is 6.61 Å². The highest BCUT2D eigenvalue weighted by Gasteiger charge is 2.09. The minimum Gasteiger partial charge on any atom is -0.493 e. The highest BCUT2D eigenvalue weighted by molar-refractivity contribution is 6.05. The van der Waals surface area contributed by atoms with Crippen LogP contribution in [0.1, 0.15) is 48.5 Å². The summed E-state index contributed by atoms with van der Waals surface area (Å²) in [6.45, 7) is 2.64. The summed E-state index contributed by atoms with van der Waals surface area (Å²) in [5, 5.41) is 5.78. The van der Waals surface area contributed by atoms with E-state index < -0.39 is 0 Å². The number of unbranched alkanes of at least 4 members (excludes halogenated alkanes) is 2. The molecule has 5 heteroatoms. The summed E-state index contributed by atoms with van der Waals surface area (Å²) in [5.41, 5.74) is 3.01. The predicted molar refractivity (Wildman–Crippen MR) is 129 cm³/mol. The van der Waals surface area contributed by atoms with Crippen LogP contribution in [0.3, 0.4) is 0 Å². The van der Waals surface area contributed by atoms with Gasteiger partial charge in [-0.25, -0.2) is 0 Å². The van der Waals surface area contributed by atoms with Crippen LogP contribution in [-0.4, -0.2) is 18.4 Å². The lowest BCUT2D eigenvalue weighted by atomic mass is 10.1. The molecule has 0 saturated heterocycles. The zero-order chi connectivity index (χ0) is 22.6. The summed E-state index contributed by atoms with van der Waals surface area (Å²) < 4.78 is 5.83. The molecule has 0 aliphatic rings. The van der Waals surface area contributed by atoms with Gasteiger partial charge in [-0.3, -0.25) is 9.59 Å². The first kappa shape index (κ1) is 23.1. The molecule has 3 rings (SSSR count). The van der Waals surface area contributed by atoms with Crippen LogP contribution in [0, 0.1) is 0 Å². The minimum absolute atomic E-state index is 0.0118. The summed E-state index contributed by atoms with van der Waals surface area (Å²) in [6.07, 6.45) is 4.30. The lowest BCUT2D eigenvalue weighted by molar-refractivity contribution is -0.116. The van der Waals surface area contributed by atoms with E-state index in [-0.39, 0.29) is 11.8 Å². The number of anilines is 2. The molecule has 0 aromatic heterocycles. The smallest absolute Gasteiger partial charge is 0.255 e. The second-order valence-corrected chi connectivity index (χ2v) is 7.65. The van der Waals surface area contributed by atoms with Gasteiger partial charge in [-0.1, -0.05) is 62.2 Å². The highest BCUT2D eigenvalue weighted by atomic mass is 16.5. The van der Waals surface area contributed by atoms with Gasteiger partial charge in [0.25, 0.3) is 5.91 Å². The lowest BCUT2D eigenvalue weighted by Crippen LogP contribution is -2.14. The maximum Gasteiger partial charge on any atom is 0.255 e. The molecule has 32 heavy (non-hydrogen) atoms. The van der Waals surface area contributed by atoms with Crippen LogP contribution in [0.25, 0.3) is 0 Å². The standard InChI is InChI=1S/C27H30N2O3/c1-2-3-5-16-26(30)28-23-13-9-14-24(20-23)29-27(31)22-12-8-15-25(19-22)32-18-17-21-10-6-4-7-11-21/h4,6-15,19-20H,2-3,5,16-18H2,1H3,(H,28,30)(H,29,31). The number of ether oxygens (including phenoxy) is 1. The first-order valence-electron chi connectivity index (χ1n) is 11.1. The van der Waals surface area contributed by atoms with Gasteiger partial charge in [0, 0.05) is 29.8 Å². The van der Waals surface area contributed by atoms with Crippen LogP contribution in [0.2, 0.25) is 0 Å². The van der Waals surface area contributed by atoms with Crippen molar-refractivity contribution in [3.8, 4) is 5.75 Å². The molecule has 0 unspecified atom stereocenters. The minimum atomic E-state index is -0.232. The van der Waals surface area contributed by atoms with E-state index in [0.717, 1.165) is 25.7 Å². The number of amides is 2. The van der Waals surface area contributed by atoms with Crippen LogP contribution < -0.4 is 15.4 Å². The van der Waals surface area contributed by atoms with Gasteiger partial charge >= 0.3 is 0 Å². The zero-order valence-corrected chi connectivity index (χ0v) is 18.5. The van der Waals surface area contributed by atoms with E-state index in [9.17, 15) is 9.59 Å². The van der Waals surface area contributed by atoms with Crippen molar-refractivity contribution in [1.82, 2.24) is 0 Å². The summed E-state index contributed by atoms with van der Waals surface area (Å²) in [4.78, 5) is 24.8. The molecule has 3 aromatic rings. The average molecular weight is 431 g/mol. The number of hydrogen-bond acceptors (Lipinski definition) is 3. The number of nitrogens with one attached hydrogen (secondary N) is 2. The molecule has 0 spiro atoms. The molecule has 166 valence electrons. The van der Waals surface area contributed by atoms with Crippen LogP contribution in [0.5, 0.6) is 5.75 Å². The zero-order valence-electron chi connectivity index (χ0n) is 18.5. The normalized spacial score (nSPS) is 10.4. The Bertz CT molecular complexity index is 1020. The number of carbonyl (C=O) groups excluding carboxylic acids is 2. The highest BCUT2D eigenvalue weighted by Crippen LogP contribution is 2.19. The maximum atomic E-state index is 12.7. The Kier molecular flexibility index (Phi) is 8.87. The van der Waals surface area contributed by atoms with Crippen molar-refractivity contribution in [2.75, 3.05) is 17.2 Å². The summed E-state index contributed by atoms with van der Waals surface area (Å²) in [6, 6.07) is 24.4. The second-order valence-electron chi connectivity index (χ2n) is 7.65. The molecular formula is C27H30N2O3. The molecule has 2 N–H and O–H groups in total. The fourth-order valence-electron chi connectivity index (χ4n) is 3.30. The number of benzene rings is 3. The van der Waals surface area contributed by atoms with Gasteiger partial charge in [0.15, 0.2) is 0 Å². The van der Waals surface area contributed by atoms with Crippen LogP contribution >= 0.6 is 0 Å². The van der Waals surface area contributed by atoms with Gasteiger partial charge in [-0.15, -0.1) is 0 Å². The maximum absolute atomic E-state index is 12.7. The predicted octanol–water partition coefficient (Wildman–Crippen LogP) is 6.08. The summed E-state index contributed by atoms with van der Waals surface area (Å²) in [5.74, 6) is 0.411. The molecule has 0 radical (unpaired) electrons. The summed E-state index contributed by atoms with van der Waals surface area (Å²) >= 11 is 0. The van der Waals surface area contributed by atoms with Crippen molar-refractivity contribution in [1.29, 1.82) is 0 Å². The molecule has 0 bridgehead atoms. The van der Waals surface area contributed by atoms with Gasteiger partial charge < -0.3 is 15.4 Å². The SMILES string of the molecule is CCCCCC(=O)Nc1cccc(NC(=O)c2cccc(OCCc3ccccc3)c2)c1. The number of hydrogen-bond donors (Lipinski definition) is 2. The first-order chi connectivity index (χ1) is 15.6. The molecular weight excluding hydrogens is 400 g/mol. The molecule has 0 saturated carbocycles. The fourth-order valence-corrected chi connectivity index (χ4v) is 3.30. The van der Waals surface area contributed by atoms with Crippen molar-refractivity contribution in [2.45, 2.75) is 39.0 Å². The van der Waals surface area contributed by atoms with E-state index in [4.69, 9.17) is 4.74 Å². The third-order valence-corrected chi connectivity index (χ3v) is 5.01. The largest absolute Gasteiger partial charge is 0.493 e. The third kappa shape index (κ3) is 7.58. The van der Waals surface area contributed by atoms with E-state index in [1.54, 1.807) is 36.4 Å². The Morgan fingerprint density at radius 1 is 0.812 bits per heavy atom.